The van der Waals surface area contributed by atoms with Gasteiger partial charge in [-0.25, -0.2) is 9.78 Å². The Hall–Kier alpha value is -3.13. The van der Waals surface area contributed by atoms with Crippen molar-refractivity contribution in [3.8, 4) is 11.3 Å². The van der Waals surface area contributed by atoms with Gasteiger partial charge in [-0.15, -0.1) is 11.3 Å². The highest BCUT2D eigenvalue weighted by atomic mass is 32.1. The molecule has 3 aromatic heterocycles. The second kappa shape index (κ2) is 5.75. The standard InChI is InChI=1S/C17H15N5O2S/c1-9-18-14(8-25-9)10-5-15(22(2)7-10)16(23)19-11-3-4-12-13(6-11)21-17(24)20-12/h3-8H,1-2H3,(H,19,23)(H2,20,21,24). The van der Waals surface area contributed by atoms with Gasteiger partial charge in [-0.3, -0.25) is 4.79 Å². The molecule has 1 amide bonds. The first-order valence-corrected chi connectivity index (χ1v) is 8.50. The molecule has 0 saturated carbocycles. The first kappa shape index (κ1) is 15.4. The Morgan fingerprint density at radius 2 is 2.04 bits per heavy atom. The smallest absolute Gasteiger partial charge is 0.323 e. The Kier molecular flexibility index (Phi) is 3.54. The third-order valence-corrected chi connectivity index (χ3v) is 4.70. The summed E-state index contributed by atoms with van der Waals surface area (Å²) in [5.74, 6) is -0.224. The number of aromatic nitrogens is 4. The van der Waals surface area contributed by atoms with Crippen molar-refractivity contribution in [1.29, 1.82) is 0 Å². The molecular weight excluding hydrogens is 338 g/mol. The van der Waals surface area contributed by atoms with Crippen molar-refractivity contribution in [1.82, 2.24) is 19.5 Å². The fourth-order valence-corrected chi connectivity index (χ4v) is 3.35. The Balaban J connectivity index is 1.61. The number of nitrogens with zero attached hydrogens (tertiary/aromatic N) is 2. The van der Waals surface area contributed by atoms with Crippen molar-refractivity contribution in [3.63, 3.8) is 0 Å². The maximum atomic E-state index is 12.6. The molecule has 7 nitrogen and oxygen atoms in total. The highest BCUT2D eigenvalue weighted by Gasteiger charge is 2.14. The molecule has 0 aliphatic heterocycles. The summed E-state index contributed by atoms with van der Waals surface area (Å²) in [4.78, 5) is 33.7. The number of hydrogen-bond donors (Lipinski definition) is 3. The summed E-state index contributed by atoms with van der Waals surface area (Å²) in [6.45, 7) is 1.95. The van der Waals surface area contributed by atoms with E-state index in [1.807, 2.05) is 31.6 Å². The van der Waals surface area contributed by atoms with E-state index in [0.29, 0.717) is 22.4 Å². The molecule has 25 heavy (non-hydrogen) atoms. The summed E-state index contributed by atoms with van der Waals surface area (Å²) in [5.41, 5.74) is 3.98. The summed E-state index contributed by atoms with van der Waals surface area (Å²) in [6, 6.07) is 7.04. The average Bonchev–Trinajstić information content (AvgIpc) is 3.24. The Morgan fingerprint density at radius 1 is 1.24 bits per heavy atom. The van der Waals surface area contributed by atoms with Gasteiger partial charge in [-0.05, 0) is 31.2 Å². The maximum absolute atomic E-state index is 12.6. The minimum atomic E-state index is -0.274. The number of thiazole rings is 1. The van der Waals surface area contributed by atoms with E-state index in [-0.39, 0.29) is 11.6 Å². The van der Waals surface area contributed by atoms with Crippen LogP contribution in [0.4, 0.5) is 5.69 Å². The van der Waals surface area contributed by atoms with Gasteiger partial charge < -0.3 is 19.9 Å². The molecule has 0 saturated heterocycles. The molecule has 4 aromatic rings. The summed E-state index contributed by atoms with van der Waals surface area (Å²) in [6.07, 6.45) is 1.89. The lowest BCUT2D eigenvalue weighted by atomic mass is 10.2. The number of benzene rings is 1. The maximum Gasteiger partial charge on any atom is 0.323 e. The quantitative estimate of drug-likeness (QED) is 0.528. The molecular formula is C17H15N5O2S. The number of carbonyl (C=O) groups is 1. The molecule has 0 atom stereocenters. The summed E-state index contributed by atoms with van der Waals surface area (Å²) in [5, 5.41) is 5.82. The van der Waals surface area contributed by atoms with Gasteiger partial charge in [0.2, 0.25) is 0 Å². The van der Waals surface area contributed by atoms with Crippen LogP contribution in [-0.2, 0) is 7.05 Å². The Morgan fingerprint density at radius 3 is 2.80 bits per heavy atom. The van der Waals surface area contributed by atoms with E-state index in [2.05, 4.69) is 20.3 Å². The molecule has 0 aliphatic rings. The van der Waals surface area contributed by atoms with Crippen molar-refractivity contribution >= 4 is 34.0 Å². The van der Waals surface area contributed by atoms with Gasteiger partial charge in [-0.2, -0.15) is 0 Å². The van der Waals surface area contributed by atoms with Crippen LogP contribution in [0.2, 0.25) is 0 Å². The van der Waals surface area contributed by atoms with Crippen LogP contribution in [0, 0.1) is 6.92 Å². The van der Waals surface area contributed by atoms with Crippen LogP contribution in [0.15, 0.2) is 40.6 Å². The van der Waals surface area contributed by atoms with Gasteiger partial charge in [0.15, 0.2) is 0 Å². The van der Waals surface area contributed by atoms with Gasteiger partial charge in [0.05, 0.1) is 21.7 Å². The van der Waals surface area contributed by atoms with Crippen LogP contribution >= 0.6 is 11.3 Å². The minimum absolute atomic E-state index is 0.224. The SMILES string of the molecule is Cc1nc(-c2cc(C(=O)Nc3ccc4[nH]c(=O)[nH]c4c3)n(C)c2)cs1. The fourth-order valence-electron chi connectivity index (χ4n) is 2.73. The van der Waals surface area contributed by atoms with E-state index in [1.54, 1.807) is 34.1 Å². The van der Waals surface area contributed by atoms with Crippen LogP contribution in [0.25, 0.3) is 22.3 Å². The van der Waals surface area contributed by atoms with Gasteiger partial charge in [0, 0.05) is 29.9 Å². The second-order valence-corrected chi connectivity index (χ2v) is 6.83. The molecule has 0 aliphatic carbocycles. The van der Waals surface area contributed by atoms with Gasteiger partial charge >= 0.3 is 5.69 Å². The summed E-state index contributed by atoms with van der Waals surface area (Å²) < 4.78 is 1.77. The zero-order valence-electron chi connectivity index (χ0n) is 13.6. The zero-order chi connectivity index (χ0) is 17.6. The molecule has 3 N–H and O–H groups in total. The molecule has 0 unspecified atom stereocenters. The third kappa shape index (κ3) is 2.87. The van der Waals surface area contributed by atoms with Crippen molar-refractivity contribution in [3.05, 3.63) is 57.0 Å². The van der Waals surface area contributed by atoms with Crippen molar-refractivity contribution in [2.45, 2.75) is 6.92 Å². The number of anilines is 1. The third-order valence-electron chi connectivity index (χ3n) is 3.93. The number of aromatic amines is 2. The molecule has 8 heteroatoms. The van der Waals surface area contributed by atoms with Crippen molar-refractivity contribution in [2.75, 3.05) is 5.32 Å². The molecule has 0 bridgehead atoms. The van der Waals surface area contributed by atoms with Crippen molar-refractivity contribution in [2.24, 2.45) is 7.05 Å². The first-order valence-electron chi connectivity index (χ1n) is 7.62. The average molecular weight is 353 g/mol. The monoisotopic (exact) mass is 353 g/mol. The van der Waals surface area contributed by atoms with Crippen LogP contribution < -0.4 is 11.0 Å². The zero-order valence-corrected chi connectivity index (χ0v) is 14.4. The normalized spacial score (nSPS) is 11.1. The summed E-state index contributed by atoms with van der Waals surface area (Å²) >= 11 is 1.58. The Labute approximate surface area is 146 Å². The minimum Gasteiger partial charge on any atom is -0.346 e. The molecule has 0 spiro atoms. The van der Waals surface area contributed by atoms with Crippen LogP contribution in [0.1, 0.15) is 15.5 Å². The summed E-state index contributed by atoms with van der Waals surface area (Å²) in [7, 11) is 1.82. The highest BCUT2D eigenvalue weighted by Crippen LogP contribution is 2.24. The number of imidazole rings is 1. The number of hydrogen-bond acceptors (Lipinski definition) is 4. The van der Waals surface area contributed by atoms with Crippen LogP contribution in [-0.4, -0.2) is 25.4 Å². The number of carbonyl (C=O) groups excluding carboxylic acids is 1. The van der Waals surface area contributed by atoms with E-state index >= 15 is 0 Å². The van der Waals surface area contributed by atoms with Gasteiger partial charge in [0.1, 0.15) is 5.69 Å². The molecule has 4 rings (SSSR count). The lowest BCUT2D eigenvalue weighted by Gasteiger charge is -2.06. The fraction of sp³-hybridized carbons (Fsp3) is 0.118. The van der Waals surface area contributed by atoms with E-state index in [1.165, 1.54) is 0 Å². The number of aryl methyl sites for hydroxylation is 2. The highest BCUT2D eigenvalue weighted by molar-refractivity contribution is 7.09. The molecule has 1 aromatic carbocycles. The van der Waals surface area contributed by atoms with E-state index in [0.717, 1.165) is 16.3 Å². The molecule has 0 radical (unpaired) electrons. The molecule has 3 heterocycles. The van der Waals surface area contributed by atoms with E-state index in [4.69, 9.17) is 0 Å². The van der Waals surface area contributed by atoms with Gasteiger partial charge in [-0.1, -0.05) is 0 Å². The largest absolute Gasteiger partial charge is 0.346 e. The van der Waals surface area contributed by atoms with Crippen LogP contribution in [0.5, 0.6) is 0 Å². The number of H-pyrrole nitrogens is 2. The number of fused-ring (bicyclic) bond motifs is 1. The predicted octanol–water partition coefficient (Wildman–Crippen LogP) is 2.88. The number of nitrogens with one attached hydrogen (secondary N) is 3. The number of amides is 1. The van der Waals surface area contributed by atoms with Crippen LogP contribution in [0.3, 0.4) is 0 Å². The van der Waals surface area contributed by atoms with E-state index in [9.17, 15) is 9.59 Å². The topological polar surface area (TPSA) is 95.6 Å². The first-order chi connectivity index (χ1) is 12.0. The second-order valence-electron chi connectivity index (χ2n) is 5.77. The Bertz CT molecular complexity index is 1150. The lowest BCUT2D eigenvalue weighted by Crippen LogP contribution is -2.15. The van der Waals surface area contributed by atoms with Gasteiger partial charge in [0.25, 0.3) is 5.91 Å². The molecule has 0 fully saturated rings. The lowest BCUT2D eigenvalue weighted by molar-refractivity contribution is 0.101. The van der Waals surface area contributed by atoms with Crippen molar-refractivity contribution < 1.29 is 4.79 Å². The van der Waals surface area contributed by atoms with E-state index < -0.39 is 0 Å². The molecule has 126 valence electrons. The predicted molar refractivity (Wildman–Crippen MR) is 98.1 cm³/mol. The number of rotatable bonds is 3.